The van der Waals surface area contributed by atoms with E-state index >= 15 is 0 Å². The molecule has 0 spiro atoms. The first-order valence-electron chi connectivity index (χ1n) is 8.55. The van der Waals surface area contributed by atoms with Crippen molar-refractivity contribution in [2.24, 2.45) is 0 Å². The largest absolute Gasteiger partial charge is 0.301 e. The van der Waals surface area contributed by atoms with Gasteiger partial charge < -0.3 is 4.90 Å². The summed E-state index contributed by atoms with van der Waals surface area (Å²) in [4.78, 5) is 15.8. The summed E-state index contributed by atoms with van der Waals surface area (Å²) in [6.07, 6.45) is 3.50. The van der Waals surface area contributed by atoms with Crippen molar-refractivity contribution in [3.05, 3.63) is 48.4 Å². The second kappa shape index (κ2) is 6.97. The Balaban J connectivity index is 1.45. The van der Waals surface area contributed by atoms with Crippen LogP contribution in [-0.4, -0.2) is 52.5 Å². The molecule has 0 amide bonds. The molecule has 0 atom stereocenters. The molecule has 1 aliphatic rings. The van der Waals surface area contributed by atoms with Crippen molar-refractivity contribution in [2.75, 3.05) is 32.7 Å². The average Bonchev–Trinajstić information content (AvgIpc) is 3.07. The summed E-state index contributed by atoms with van der Waals surface area (Å²) < 4.78 is 0. The van der Waals surface area contributed by atoms with Gasteiger partial charge in [0.1, 0.15) is 11.2 Å². The molecule has 5 heteroatoms. The van der Waals surface area contributed by atoms with E-state index in [2.05, 4.69) is 57.0 Å². The fourth-order valence-electron chi connectivity index (χ4n) is 3.23. The van der Waals surface area contributed by atoms with E-state index in [0.29, 0.717) is 0 Å². The van der Waals surface area contributed by atoms with E-state index < -0.39 is 0 Å². The van der Waals surface area contributed by atoms with Gasteiger partial charge in [-0.05, 0) is 23.7 Å². The summed E-state index contributed by atoms with van der Waals surface area (Å²) in [6.45, 7) is 9.19. The highest BCUT2D eigenvalue weighted by Gasteiger charge is 2.15. The normalized spacial score (nSPS) is 16.7. The third-order valence-electron chi connectivity index (χ3n) is 4.75. The van der Waals surface area contributed by atoms with Gasteiger partial charge in [0.05, 0.1) is 0 Å². The van der Waals surface area contributed by atoms with Gasteiger partial charge in [-0.15, -0.1) is 11.3 Å². The molecule has 0 N–H and O–H groups in total. The fraction of sp³-hybridized carbons (Fsp3) is 0.368. The van der Waals surface area contributed by atoms with E-state index in [4.69, 9.17) is 0 Å². The van der Waals surface area contributed by atoms with Crippen molar-refractivity contribution in [1.82, 2.24) is 19.8 Å². The van der Waals surface area contributed by atoms with E-state index in [1.54, 1.807) is 17.7 Å². The molecule has 0 aliphatic carbocycles. The van der Waals surface area contributed by atoms with Crippen LogP contribution in [0.1, 0.15) is 12.5 Å². The number of thiophene rings is 1. The van der Waals surface area contributed by atoms with E-state index in [1.165, 1.54) is 48.7 Å². The molecular weight excluding hydrogens is 316 g/mol. The van der Waals surface area contributed by atoms with Crippen molar-refractivity contribution in [3.8, 4) is 10.4 Å². The molecular formula is C19H22N4S. The molecule has 1 fully saturated rings. The van der Waals surface area contributed by atoms with Crippen molar-refractivity contribution in [2.45, 2.75) is 13.5 Å². The highest BCUT2D eigenvalue weighted by atomic mass is 32.1. The van der Waals surface area contributed by atoms with Gasteiger partial charge in [-0.2, -0.15) is 0 Å². The van der Waals surface area contributed by atoms with Gasteiger partial charge in [-0.25, -0.2) is 9.97 Å². The van der Waals surface area contributed by atoms with E-state index in [-0.39, 0.29) is 0 Å². The van der Waals surface area contributed by atoms with Crippen molar-refractivity contribution >= 4 is 21.6 Å². The van der Waals surface area contributed by atoms with Crippen LogP contribution in [0.25, 0.3) is 20.7 Å². The summed E-state index contributed by atoms with van der Waals surface area (Å²) >= 11 is 1.73. The second-order valence-electron chi connectivity index (χ2n) is 6.30. The smallest absolute Gasteiger partial charge is 0.127 e. The van der Waals surface area contributed by atoms with Crippen LogP contribution < -0.4 is 0 Å². The third kappa shape index (κ3) is 3.34. The van der Waals surface area contributed by atoms with Crippen LogP contribution in [0.2, 0.25) is 0 Å². The van der Waals surface area contributed by atoms with Crippen molar-refractivity contribution in [1.29, 1.82) is 0 Å². The highest BCUT2D eigenvalue weighted by Crippen LogP contribution is 2.31. The molecule has 4 rings (SSSR count). The quantitative estimate of drug-likeness (QED) is 0.729. The van der Waals surface area contributed by atoms with Gasteiger partial charge in [0, 0.05) is 49.2 Å². The molecule has 4 nitrogen and oxygen atoms in total. The monoisotopic (exact) mass is 338 g/mol. The SMILES string of the molecule is CCN1CCN(Cc2ccc(-c3cc4cncnc4s3)cc2)CC1. The standard InChI is InChI=1S/C19H22N4S/c1-2-22-7-9-23(10-8-22)13-15-3-5-16(6-4-15)18-11-17-12-20-14-21-19(17)24-18/h3-6,11-12,14H,2,7-10,13H2,1H3. The first-order chi connectivity index (χ1) is 11.8. The Morgan fingerprint density at radius 3 is 2.50 bits per heavy atom. The number of nitrogens with zero attached hydrogens (tertiary/aromatic N) is 4. The summed E-state index contributed by atoms with van der Waals surface area (Å²) in [6, 6.07) is 11.2. The summed E-state index contributed by atoms with van der Waals surface area (Å²) in [7, 11) is 0. The zero-order valence-corrected chi connectivity index (χ0v) is 14.8. The minimum Gasteiger partial charge on any atom is -0.301 e. The second-order valence-corrected chi connectivity index (χ2v) is 7.33. The Morgan fingerprint density at radius 2 is 1.79 bits per heavy atom. The van der Waals surface area contributed by atoms with E-state index in [0.717, 1.165) is 16.8 Å². The number of aromatic nitrogens is 2. The van der Waals surface area contributed by atoms with Crippen molar-refractivity contribution < 1.29 is 0 Å². The van der Waals surface area contributed by atoms with Crippen LogP contribution in [-0.2, 0) is 6.54 Å². The Bertz CT molecular complexity index is 771. The fourth-order valence-corrected chi connectivity index (χ4v) is 4.20. The molecule has 2 aromatic heterocycles. The third-order valence-corrected chi connectivity index (χ3v) is 5.86. The van der Waals surface area contributed by atoms with Gasteiger partial charge >= 0.3 is 0 Å². The number of rotatable bonds is 4. The molecule has 3 aromatic rings. The van der Waals surface area contributed by atoms with Crippen LogP contribution in [0.15, 0.2) is 42.9 Å². The van der Waals surface area contributed by atoms with Gasteiger partial charge in [0.25, 0.3) is 0 Å². The Morgan fingerprint density at radius 1 is 1.04 bits per heavy atom. The van der Waals surface area contributed by atoms with E-state index in [1.807, 2.05) is 6.20 Å². The Kier molecular flexibility index (Phi) is 4.56. The number of hydrogen-bond acceptors (Lipinski definition) is 5. The Labute approximate surface area is 146 Å². The van der Waals surface area contributed by atoms with Crippen LogP contribution in [0.4, 0.5) is 0 Å². The number of benzene rings is 1. The molecule has 0 unspecified atom stereocenters. The molecule has 0 saturated carbocycles. The molecule has 0 bridgehead atoms. The zero-order chi connectivity index (χ0) is 16.4. The average molecular weight is 338 g/mol. The zero-order valence-electron chi connectivity index (χ0n) is 14.0. The molecule has 124 valence electrons. The maximum Gasteiger partial charge on any atom is 0.127 e. The highest BCUT2D eigenvalue weighted by molar-refractivity contribution is 7.21. The lowest BCUT2D eigenvalue weighted by Crippen LogP contribution is -2.45. The van der Waals surface area contributed by atoms with Gasteiger partial charge in [-0.1, -0.05) is 31.2 Å². The first kappa shape index (κ1) is 15.7. The topological polar surface area (TPSA) is 32.3 Å². The van der Waals surface area contributed by atoms with Crippen LogP contribution in [0.3, 0.4) is 0 Å². The predicted octanol–water partition coefficient (Wildman–Crippen LogP) is 3.50. The lowest BCUT2D eigenvalue weighted by molar-refractivity contribution is 0.132. The number of hydrogen-bond donors (Lipinski definition) is 0. The maximum absolute atomic E-state index is 4.33. The first-order valence-corrected chi connectivity index (χ1v) is 9.37. The van der Waals surface area contributed by atoms with Crippen LogP contribution in [0.5, 0.6) is 0 Å². The Hall–Kier alpha value is -1.82. The summed E-state index contributed by atoms with van der Waals surface area (Å²) in [5, 5.41) is 1.12. The van der Waals surface area contributed by atoms with Crippen LogP contribution >= 0.6 is 11.3 Å². The molecule has 3 heterocycles. The number of fused-ring (bicyclic) bond motifs is 1. The van der Waals surface area contributed by atoms with Crippen molar-refractivity contribution in [3.63, 3.8) is 0 Å². The lowest BCUT2D eigenvalue weighted by Gasteiger charge is -2.34. The minimum absolute atomic E-state index is 1.05. The van der Waals surface area contributed by atoms with Gasteiger partial charge in [0.2, 0.25) is 0 Å². The number of likely N-dealkylation sites (N-methyl/N-ethyl adjacent to an activating group) is 1. The number of piperazine rings is 1. The molecule has 0 radical (unpaired) electrons. The molecule has 1 aliphatic heterocycles. The lowest BCUT2D eigenvalue weighted by atomic mass is 10.1. The van der Waals surface area contributed by atoms with Gasteiger partial charge in [0.15, 0.2) is 0 Å². The molecule has 1 aromatic carbocycles. The molecule has 1 saturated heterocycles. The maximum atomic E-state index is 4.33. The summed E-state index contributed by atoms with van der Waals surface area (Å²) in [5.41, 5.74) is 2.65. The predicted molar refractivity (Wildman–Crippen MR) is 100 cm³/mol. The minimum atomic E-state index is 1.05. The summed E-state index contributed by atoms with van der Waals surface area (Å²) in [5.74, 6) is 0. The van der Waals surface area contributed by atoms with Crippen LogP contribution in [0, 0.1) is 0 Å². The van der Waals surface area contributed by atoms with Gasteiger partial charge in [-0.3, -0.25) is 4.90 Å². The van der Waals surface area contributed by atoms with E-state index in [9.17, 15) is 0 Å². The molecule has 24 heavy (non-hydrogen) atoms.